The van der Waals surface area contributed by atoms with E-state index in [1.54, 1.807) is 23.6 Å². The van der Waals surface area contributed by atoms with Crippen LogP contribution < -0.4 is 4.90 Å². The third-order valence-corrected chi connectivity index (χ3v) is 8.06. The Labute approximate surface area is 200 Å². The van der Waals surface area contributed by atoms with Crippen molar-refractivity contribution in [2.45, 2.75) is 26.0 Å². The minimum atomic E-state index is -0.739. The number of esters is 1. The summed E-state index contributed by atoms with van der Waals surface area (Å²) >= 11 is 1.64. The molecule has 178 valence electrons. The van der Waals surface area contributed by atoms with Crippen LogP contribution in [0.3, 0.4) is 0 Å². The first-order valence-electron chi connectivity index (χ1n) is 11.6. The Morgan fingerprint density at radius 1 is 1.27 bits per heavy atom. The first-order valence-corrected chi connectivity index (χ1v) is 12.6. The Morgan fingerprint density at radius 2 is 1.97 bits per heavy atom. The number of β-lactam (4-membered cyclic amide) rings is 1. The fourth-order valence-corrected chi connectivity index (χ4v) is 6.35. The van der Waals surface area contributed by atoms with Crippen LogP contribution in [-0.4, -0.2) is 84.0 Å². The number of thioether (sulfide) groups is 1. The summed E-state index contributed by atoms with van der Waals surface area (Å²) in [5.74, 6) is -0.322. The molecule has 3 aliphatic heterocycles. The summed E-state index contributed by atoms with van der Waals surface area (Å²) in [5.41, 5.74) is 1.62. The van der Waals surface area contributed by atoms with Gasteiger partial charge in [-0.3, -0.25) is 9.69 Å². The van der Waals surface area contributed by atoms with E-state index in [0.29, 0.717) is 5.70 Å². The maximum Gasteiger partial charge on any atom is 0.356 e. The van der Waals surface area contributed by atoms with E-state index in [4.69, 9.17) is 4.74 Å². The van der Waals surface area contributed by atoms with Gasteiger partial charge in [-0.1, -0.05) is 37.8 Å². The quantitative estimate of drug-likeness (QED) is 0.337. The molecular formula is C25H33N3O4S. The van der Waals surface area contributed by atoms with Gasteiger partial charge in [-0.2, -0.15) is 0 Å². The van der Waals surface area contributed by atoms with Gasteiger partial charge in [-0.05, 0) is 19.1 Å². The van der Waals surface area contributed by atoms with Gasteiger partial charge >= 0.3 is 5.97 Å². The van der Waals surface area contributed by atoms with Crippen molar-refractivity contribution in [1.29, 1.82) is 0 Å². The fraction of sp³-hybridized carbons (Fsp3) is 0.520. The predicted molar refractivity (Wildman–Crippen MR) is 131 cm³/mol. The average molecular weight is 472 g/mol. The maximum atomic E-state index is 12.8. The van der Waals surface area contributed by atoms with E-state index in [9.17, 15) is 14.7 Å². The van der Waals surface area contributed by atoms with Crippen molar-refractivity contribution in [3.05, 3.63) is 53.6 Å². The molecule has 2 saturated heterocycles. The van der Waals surface area contributed by atoms with Gasteiger partial charge in [0.1, 0.15) is 12.3 Å². The number of amides is 1. The van der Waals surface area contributed by atoms with E-state index in [1.165, 1.54) is 11.8 Å². The predicted octanol–water partition coefficient (Wildman–Crippen LogP) is 2.34. The molecule has 4 rings (SSSR count). The van der Waals surface area contributed by atoms with Crippen LogP contribution in [0.25, 0.3) is 0 Å². The molecule has 0 bridgehead atoms. The molecule has 7 nitrogen and oxygen atoms in total. The zero-order valence-corrected chi connectivity index (χ0v) is 20.2. The van der Waals surface area contributed by atoms with Crippen molar-refractivity contribution in [2.24, 2.45) is 11.8 Å². The molecule has 3 heterocycles. The summed E-state index contributed by atoms with van der Waals surface area (Å²) in [6, 6.07) is 10.3. The highest BCUT2D eigenvalue weighted by molar-refractivity contribution is 8.03. The summed E-state index contributed by atoms with van der Waals surface area (Å²) in [5, 5.41) is 10.1. The van der Waals surface area contributed by atoms with Gasteiger partial charge in [0.25, 0.3) is 0 Å². The van der Waals surface area contributed by atoms with Gasteiger partial charge in [0.05, 0.1) is 18.1 Å². The average Bonchev–Trinajstić information content (AvgIpc) is 3.06. The molecule has 0 aliphatic carbocycles. The molecule has 1 N–H and O–H groups in total. The van der Waals surface area contributed by atoms with Crippen molar-refractivity contribution in [2.75, 3.05) is 50.0 Å². The molecule has 0 unspecified atom stereocenters. The summed E-state index contributed by atoms with van der Waals surface area (Å²) in [6.45, 7) is 12.3. The van der Waals surface area contributed by atoms with E-state index in [-0.39, 0.29) is 24.5 Å². The van der Waals surface area contributed by atoms with E-state index in [1.807, 2.05) is 13.0 Å². The second kappa shape index (κ2) is 10.3. The lowest BCUT2D eigenvalue weighted by Crippen LogP contribution is -2.63. The lowest BCUT2D eigenvalue weighted by atomic mass is 9.79. The molecule has 8 heteroatoms. The van der Waals surface area contributed by atoms with E-state index in [2.05, 4.69) is 40.6 Å². The Hall–Kier alpha value is -2.29. The highest BCUT2D eigenvalue weighted by Gasteiger charge is 2.60. The third kappa shape index (κ3) is 4.69. The van der Waals surface area contributed by atoms with E-state index < -0.39 is 18.0 Å². The van der Waals surface area contributed by atoms with Gasteiger partial charge in [-0.25, -0.2) is 4.79 Å². The fourth-order valence-electron chi connectivity index (χ4n) is 5.06. The standard InChI is InChI=1S/C25H33N3O4S/c1-4-15-32-25(31)22-23(17(2)21-20(18(3)29)24(30)28(21)22)33-16-14-26-10-12-27(13-11-26)19-8-6-5-7-9-19/h4-9,17-18,20-21,29H,1,10-16H2,2-3H3/t17-,18-,20-,21-/m1/s1. The second-order valence-electron chi connectivity index (χ2n) is 8.87. The van der Waals surface area contributed by atoms with Gasteiger partial charge in [0.2, 0.25) is 5.91 Å². The topological polar surface area (TPSA) is 73.3 Å². The highest BCUT2D eigenvalue weighted by Crippen LogP contribution is 2.50. The van der Waals surface area contributed by atoms with Gasteiger partial charge in [0.15, 0.2) is 0 Å². The van der Waals surface area contributed by atoms with Crippen molar-refractivity contribution in [3.63, 3.8) is 0 Å². The van der Waals surface area contributed by atoms with Crippen LogP contribution in [0.4, 0.5) is 5.69 Å². The van der Waals surface area contributed by atoms with Crippen molar-refractivity contribution >= 4 is 29.3 Å². The third-order valence-electron chi connectivity index (χ3n) is 6.79. The maximum absolute atomic E-state index is 12.8. The summed E-state index contributed by atoms with van der Waals surface area (Å²) < 4.78 is 5.30. The monoisotopic (exact) mass is 471 g/mol. The molecule has 2 fully saturated rings. The molecule has 0 spiro atoms. The van der Waals surface area contributed by atoms with Crippen LogP contribution in [0.15, 0.2) is 53.6 Å². The van der Waals surface area contributed by atoms with Crippen LogP contribution in [0.2, 0.25) is 0 Å². The lowest BCUT2D eigenvalue weighted by Gasteiger charge is -2.46. The Kier molecular flexibility index (Phi) is 7.46. The molecule has 1 amide bonds. The molecule has 0 radical (unpaired) electrons. The largest absolute Gasteiger partial charge is 0.457 e. The van der Waals surface area contributed by atoms with Crippen LogP contribution >= 0.6 is 11.8 Å². The number of para-hydroxylation sites is 1. The number of carbonyl (C=O) groups excluding carboxylic acids is 2. The number of carbonyl (C=O) groups is 2. The highest BCUT2D eigenvalue weighted by atomic mass is 32.2. The number of hydrogen-bond donors (Lipinski definition) is 1. The molecule has 1 aromatic carbocycles. The number of hydrogen-bond acceptors (Lipinski definition) is 7. The summed E-state index contributed by atoms with van der Waals surface area (Å²) in [7, 11) is 0. The van der Waals surface area contributed by atoms with E-state index in [0.717, 1.165) is 43.4 Å². The summed E-state index contributed by atoms with van der Waals surface area (Å²) in [4.78, 5) is 32.8. The number of nitrogens with zero attached hydrogens (tertiary/aromatic N) is 3. The number of aliphatic hydroxyl groups excluding tert-OH is 1. The molecule has 1 aromatic rings. The number of benzene rings is 1. The molecule has 0 aromatic heterocycles. The van der Waals surface area contributed by atoms with Crippen LogP contribution in [0.5, 0.6) is 0 Å². The number of piperazine rings is 1. The number of ether oxygens (including phenoxy) is 1. The molecule has 3 aliphatic rings. The van der Waals surface area contributed by atoms with Crippen molar-refractivity contribution < 1.29 is 19.4 Å². The SMILES string of the molecule is C=CCOC(=O)C1=C(SCCN2CCN(c3ccccc3)CC2)[C@H](C)[C@@H]2[C@@H]([C@@H](C)O)C(=O)N12. The Bertz CT molecular complexity index is 911. The number of fused-ring (bicyclic) bond motifs is 1. The van der Waals surface area contributed by atoms with Gasteiger partial charge in [-0.15, -0.1) is 11.8 Å². The van der Waals surface area contributed by atoms with Gasteiger partial charge in [0, 0.05) is 55.0 Å². The Balaban J connectivity index is 1.37. The molecule has 4 atom stereocenters. The number of aliphatic hydroxyl groups is 1. The zero-order valence-electron chi connectivity index (χ0n) is 19.4. The first kappa shape index (κ1) is 23.9. The molecule has 33 heavy (non-hydrogen) atoms. The van der Waals surface area contributed by atoms with Crippen molar-refractivity contribution in [3.8, 4) is 0 Å². The Morgan fingerprint density at radius 3 is 2.61 bits per heavy atom. The normalized spacial score (nSPS) is 26.2. The van der Waals surface area contributed by atoms with Gasteiger partial charge < -0.3 is 19.6 Å². The molecular weight excluding hydrogens is 438 g/mol. The van der Waals surface area contributed by atoms with Crippen LogP contribution in [-0.2, 0) is 14.3 Å². The number of rotatable bonds is 9. The smallest absolute Gasteiger partial charge is 0.356 e. The second-order valence-corrected chi connectivity index (χ2v) is 10.0. The summed E-state index contributed by atoms with van der Waals surface area (Å²) in [6.07, 6.45) is 0.782. The zero-order chi connectivity index (χ0) is 23.5. The van der Waals surface area contributed by atoms with Crippen LogP contribution in [0.1, 0.15) is 13.8 Å². The van der Waals surface area contributed by atoms with E-state index >= 15 is 0 Å². The first-order chi connectivity index (χ1) is 15.9. The lowest BCUT2D eigenvalue weighted by molar-refractivity contribution is -0.164. The number of anilines is 1. The molecule has 0 saturated carbocycles. The van der Waals surface area contributed by atoms with Crippen molar-refractivity contribution in [1.82, 2.24) is 9.80 Å². The van der Waals surface area contributed by atoms with Crippen LogP contribution in [0, 0.1) is 11.8 Å². The minimum absolute atomic E-state index is 0.00601. The minimum Gasteiger partial charge on any atom is -0.457 e.